The van der Waals surface area contributed by atoms with Crippen LogP contribution in [0.5, 0.6) is 0 Å². The minimum absolute atomic E-state index is 0.208. The molecule has 15 heavy (non-hydrogen) atoms. The molecule has 1 heterocycles. The van der Waals surface area contributed by atoms with E-state index in [9.17, 15) is 9.59 Å². The molecule has 1 rings (SSSR count). The first-order valence-electron chi connectivity index (χ1n) is 4.09. The largest absolute Gasteiger partial charge is 0.480 e. The van der Waals surface area contributed by atoms with Crippen LogP contribution in [-0.4, -0.2) is 40.5 Å². The first-order valence-corrected chi connectivity index (χ1v) is 4.47. The number of carboxylic acid groups (broad SMARTS) is 1. The van der Waals surface area contributed by atoms with Crippen molar-refractivity contribution in [3.8, 4) is 0 Å². The van der Waals surface area contributed by atoms with E-state index < -0.39 is 11.9 Å². The highest BCUT2D eigenvalue weighted by atomic mass is 35.5. The van der Waals surface area contributed by atoms with Crippen LogP contribution in [0.15, 0.2) is 18.5 Å². The summed E-state index contributed by atoms with van der Waals surface area (Å²) in [5.74, 6) is -1.51. The van der Waals surface area contributed by atoms with Gasteiger partial charge in [-0.15, -0.1) is 0 Å². The Kier molecular flexibility index (Phi) is 3.62. The zero-order valence-corrected chi connectivity index (χ0v) is 8.73. The third kappa shape index (κ3) is 2.92. The van der Waals surface area contributed by atoms with Crippen molar-refractivity contribution in [3.63, 3.8) is 0 Å². The van der Waals surface area contributed by atoms with E-state index in [1.807, 2.05) is 0 Å². The summed E-state index contributed by atoms with van der Waals surface area (Å²) in [6.07, 6.45) is 2.76. The second kappa shape index (κ2) is 4.75. The summed E-state index contributed by atoms with van der Waals surface area (Å²) in [7, 11) is 1.40. The average molecular weight is 229 g/mol. The molecule has 6 heteroatoms. The van der Waals surface area contributed by atoms with Gasteiger partial charge in [-0.25, -0.2) is 0 Å². The van der Waals surface area contributed by atoms with Gasteiger partial charge in [-0.05, 0) is 6.07 Å². The van der Waals surface area contributed by atoms with E-state index in [1.165, 1.54) is 25.5 Å². The maximum atomic E-state index is 11.7. The Morgan fingerprint density at radius 2 is 2.27 bits per heavy atom. The van der Waals surface area contributed by atoms with Gasteiger partial charge < -0.3 is 10.0 Å². The van der Waals surface area contributed by atoms with Crippen LogP contribution in [0.2, 0.25) is 5.02 Å². The molecule has 80 valence electrons. The van der Waals surface area contributed by atoms with E-state index in [-0.39, 0.29) is 17.1 Å². The van der Waals surface area contributed by atoms with Gasteiger partial charge in [-0.3, -0.25) is 14.6 Å². The Hall–Kier alpha value is -1.62. The maximum Gasteiger partial charge on any atom is 0.323 e. The van der Waals surface area contributed by atoms with Gasteiger partial charge in [0.1, 0.15) is 6.54 Å². The van der Waals surface area contributed by atoms with Crippen molar-refractivity contribution in [2.45, 2.75) is 0 Å². The fourth-order valence-electron chi connectivity index (χ4n) is 1.03. The summed E-state index contributed by atoms with van der Waals surface area (Å²) >= 11 is 5.74. The second-order valence-electron chi connectivity index (χ2n) is 2.91. The molecule has 1 amide bonds. The number of likely N-dealkylation sites (N-methyl/N-ethyl adjacent to an activating group) is 1. The first kappa shape index (κ1) is 11.5. The van der Waals surface area contributed by atoms with Crippen molar-refractivity contribution in [1.82, 2.24) is 9.88 Å². The lowest BCUT2D eigenvalue weighted by Crippen LogP contribution is -2.32. The number of amides is 1. The monoisotopic (exact) mass is 228 g/mol. The molecule has 0 fully saturated rings. The number of carboxylic acids is 1. The number of rotatable bonds is 3. The Morgan fingerprint density at radius 3 is 2.80 bits per heavy atom. The van der Waals surface area contributed by atoms with E-state index in [2.05, 4.69) is 4.98 Å². The lowest BCUT2D eigenvalue weighted by molar-refractivity contribution is -0.137. The van der Waals surface area contributed by atoms with Gasteiger partial charge in [0.2, 0.25) is 0 Å². The van der Waals surface area contributed by atoms with Crippen LogP contribution < -0.4 is 0 Å². The van der Waals surface area contributed by atoms with Gasteiger partial charge in [0.15, 0.2) is 0 Å². The fourth-order valence-corrected chi connectivity index (χ4v) is 1.23. The van der Waals surface area contributed by atoms with E-state index in [0.717, 1.165) is 4.90 Å². The van der Waals surface area contributed by atoms with Gasteiger partial charge >= 0.3 is 5.97 Å². The van der Waals surface area contributed by atoms with Crippen LogP contribution >= 0.6 is 11.6 Å². The molecule has 0 aromatic carbocycles. The molecule has 0 aliphatic carbocycles. The zero-order chi connectivity index (χ0) is 11.4. The van der Waals surface area contributed by atoms with E-state index in [4.69, 9.17) is 16.7 Å². The smallest absolute Gasteiger partial charge is 0.323 e. The fraction of sp³-hybridized carbons (Fsp3) is 0.222. The van der Waals surface area contributed by atoms with Crippen molar-refractivity contribution in [1.29, 1.82) is 0 Å². The number of aliphatic carboxylic acids is 1. The number of carbonyl (C=O) groups excluding carboxylic acids is 1. The van der Waals surface area contributed by atoms with Crippen molar-refractivity contribution in [2.24, 2.45) is 0 Å². The van der Waals surface area contributed by atoms with Crippen LogP contribution in [0, 0.1) is 0 Å². The van der Waals surface area contributed by atoms with Crippen molar-refractivity contribution in [3.05, 3.63) is 29.0 Å². The molecule has 1 aromatic heterocycles. The van der Waals surface area contributed by atoms with Crippen molar-refractivity contribution in [2.75, 3.05) is 13.6 Å². The van der Waals surface area contributed by atoms with Crippen LogP contribution in [-0.2, 0) is 4.79 Å². The van der Waals surface area contributed by atoms with E-state index in [1.54, 1.807) is 0 Å². The summed E-state index contributed by atoms with van der Waals surface area (Å²) in [5, 5.41) is 8.72. The maximum absolute atomic E-state index is 11.7. The minimum Gasteiger partial charge on any atom is -0.480 e. The summed E-state index contributed by atoms with van der Waals surface area (Å²) in [4.78, 5) is 26.8. The Bertz CT molecular complexity index is 395. The molecule has 0 aliphatic heterocycles. The van der Waals surface area contributed by atoms with Crippen LogP contribution in [0.3, 0.4) is 0 Å². The quantitative estimate of drug-likeness (QED) is 0.834. The van der Waals surface area contributed by atoms with Crippen LogP contribution in [0.4, 0.5) is 0 Å². The van der Waals surface area contributed by atoms with Crippen LogP contribution in [0.25, 0.3) is 0 Å². The third-order valence-electron chi connectivity index (χ3n) is 1.72. The predicted molar refractivity (Wildman–Crippen MR) is 53.8 cm³/mol. The highest BCUT2D eigenvalue weighted by Crippen LogP contribution is 2.14. The van der Waals surface area contributed by atoms with Crippen LogP contribution in [0.1, 0.15) is 10.4 Å². The number of hydrogen-bond donors (Lipinski definition) is 1. The lowest BCUT2D eigenvalue weighted by Gasteiger charge is -2.14. The second-order valence-corrected chi connectivity index (χ2v) is 3.32. The van der Waals surface area contributed by atoms with E-state index in [0.29, 0.717) is 0 Å². The van der Waals surface area contributed by atoms with Gasteiger partial charge in [0.05, 0.1) is 10.6 Å². The number of aromatic nitrogens is 1. The molecular weight excluding hydrogens is 220 g/mol. The molecule has 1 aromatic rings. The number of halogens is 1. The molecule has 0 atom stereocenters. The first-order chi connectivity index (χ1) is 7.02. The van der Waals surface area contributed by atoms with Gasteiger partial charge in [-0.2, -0.15) is 0 Å². The summed E-state index contributed by atoms with van der Waals surface area (Å²) in [5.41, 5.74) is 0.246. The highest BCUT2D eigenvalue weighted by Gasteiger charge is 2.16. The Morgan fingerprint density at radius 1 is 1.60 bits per heavy atom. The number of nitrogens with zero attached hydrogens (tertiary/aromatic N) is 2. The molecule has 0 radical (unpaired) electrons. The highest BCUT2D eigenvalue weighted by molar-refractivity contribution is 6.33. The SMILES string of the molecule is CN(CC(=O)O)C(=O)c1ccncc1Cl. The standard InChI is InChI=1S/C9H9ClN2O3/c1-12(5-8(13)14)9(15)6-2-3-11-4-7(6)10/h2-4H,5H2,1H3,(H,13,14). The molecular formula is C9H9ClN2O3. The Balaban J connectivity index is 2.85. The van der Waals surface area contributed by atoms with Crippen molar-refractivity contribution >= 4 is 23.5 Å². The van der Waals surface area contributed by atoms with Gasteiger partial charge in [0, 0.05) is 19.4 Å². The lowest BCUT2D eigenvalue weighted by atomic mass is 10.2. The molecule has 0 bridgehead atoms. The normalized spacial score (nSPS) is 9.73. The number of carbonyl (C=O) groups is 2. The minimum atomic E-state index is -1.07. The Labute approximate surface area is 91.3 Å². The molecule has 5 nitrogen and oxygen atoms in total. The topological polar surface area (TPSA) is 70.5 Å². The summed E-state index contributed by atoms with van der Waals surface area (Å²) < 4.78 is 0. The predicted octanol–water partition coefficient (Wildman–Crippen LogP) is 0.892. The molecule has 0 unspecified atom stereocenters. The average Bonchev–Trinajstić information content (AvgIpc) is 2.16. The molecule has 0 saturated heterocycles. The number of hydrogen-bond acceptors (Lipinski definition) is 3. The zero-order valence-electron chi connectivity index (χ0n) is 7.98. The van der Waals surface area contributed by atoms with Gasteiger partial charge in [0.25, 0.3) is 5.91 Å². The summed E-state index contributed by atoms with van der Waals surface area (Å²) in [6.45, 7) is -0.364. The third-order valence-corrected chi connectivity index (χ3v) is 2.02. The van der Waals surface area contributed by atoms with Crippen molar-refractivity contribution < 1.29 is 14.7 Å². The molecule has 0 spiro atoms. The molecule has 1 N–H and O–H groups in total. The molecule has 0 aliphatic rings. The molecule has 0 saturated carbocycles. The van der Waals surface area contributed by atoms with Gasteiger partial charge in [-0.1, -0.05) is 11.6 Å². The summed E-state index contributed by atoms with van der Waals surface area (Å²) in [6, 6.07) is 1.45. The van der Waals surface area contributed by atoms with E-state index >= 15 is 0 Å². The number of pyridine rings is 1.